The number of rotatable bonds is 13. The third-order valence-electron chi connectivity index (χ3n) is 3.90. The van der Waals surface area contributed by atoms with Gasteiger partial charge in [0.25, 0.3) is 0 Å². The average Bonchev–Trinajstić information content (AvgIpc) is 3.34. The van der Waals surface area contributed by atoms with E-state index in [9.17, 15) is 4.79 Å². The van der Waals surface area contributed by atoms with Gasteiger partial charge in [0.2, 0.25) is 0 Å². The standard InChI is InChI=1S/C21H32O3/c1-3-4-5-6-7-8-9-10-11-12-13-14-16-19-20(24-19)17-15-18-21(22)23-2/h7-8,10-14,16,19-20H,3-6,9,15,17-18H2,1-2H3/b8-7-,11-10-,13-12+,16-14+/t19-,20+/m0/s1. The Balaban J connectivity index is 2.00. The van der Waals surface area contributed by atoms with Crippen molar-refractivity contribution in [2.75, 3.05) is 7.11 Å². The van der Waals surface area contributed by atoms with Crippen LogP contribution in [0.5, 0.6) is 0 Å². The molecule has 0 aliphatic carbocycles. The fourth-order valence-corrected chi connectivity index (χ4v) is 2.37. The summed E-state index contributed by atoms with van der Waals surface area (Å²) in [6.45, 7) is 2.23. The Morgan fingerprint density at radius 2 is 1.88 bits per heavy atom. The van der Waals surface area contributed by atoms with Crippen LogP contribution in [-0.2, 0) is 14.3 Å². The molecule has 1 rings (SSSR count). The topological polar surface area (TPSA) is 38.8 Å². The van der Waals surface area contributed by atoms with Gasteiger partial charge in [-0.3, -0.25) is 4.79 Å². The maximum atomic E-state index is 11.0. The summed E-state index contributed by atoms with van der Waals surface area (Å²) >= 11 is 0. The highest BCUT2D eigenvalue weighted by atomic mass is 16.6. The van der Waals surface area contributed by atoms with Gasteiger partial charge in [0.1, 0.15) is 6.10 Å². The van der Waals surface area contributed by atoms with Crippen LogP contribution in [-0.4, -0.2) is 25.3 Å². The normalized spacial score (nSPS) is 20.8. The summed E-state index contributed by atoms with van der Waals surface area (Å²) < 4.78 is 10.1. The van der Waals surface area contributed by atoms with Gasteiger partial charge in [0.05, 0.1) is 13.2 Å². The van der Waals surface area contributed by atoms with Crippen LogP contribution in [0.4, 0.5) is 0 Å². The fraction of sp³-hybridized carbons (Fsp3) is 0.571. The zero-order valence-corrected chi connectivity index (χ0v) is 15.2. The largest absolute Gasteiger partial charge is 0.469 e. The highest BCUT2D eigenvalue weighted by Gasteiger charge is 2.35. The Kier molecular flexibility index (Phi) is 11.7. The number of esters is 1. The molecule has 1 fully saturated rings. The molecule has 1 aliphatic heterocycles. The van der Waals surface area contributed by atoms with Crippen molar-refractivity contribution < 1.29 is 14.3 Å². The Morgan fingerprint density at radius 1 is 1.04 bits per heavy atom. The third kappa shape index (κ3) is 11.0. The van der Waals surface area contributed by atoms with Gasteiger partial charge in [-0.2, -0.15) is 0 Å². The van der Waals surface area contributed by atoms with Gasteiger partial charge in [0.15, 0.2) is 0 Å². The molecule has 0 unspecified atom stereocenters. The Bertz CT molecular complexity index is 446. The number of methoxy groups -OCH3 is 1. The predicted octanol–water partition coefficient (Wildman–Crippen LogP) is 5.29. The minimum absolute atomic E-state index is 0.145. The van der Waals surface area contributed by atoms with E-state index in [1.54, 1.807) is 0 Å². The first-order chi connectivity index (χ1) is 11.8. The summed E-state index contributed by atoms with van der Waals surface area (Å²) in [4.78, 5) is 11.0. The van der Waals surface area contributed by atoms with Crippen LogP contribution in [0.25, 0.3) is 0 Å². The van der Waals surface area contributed by atoms with Crippen molar-refractivity contribution in [3.63, 3.8) is 0 Å². The average molecular weight is 332 g/mol. The quantitative estimate of drug-likeness (QED) is 0.151. The molecule has 0 amide bonds. The first-order valence-corrected chi connectivity index (χ1v) is 9.15. The minimum atomic E-state index is -0.145. The number of carbonyl (C=O) groups is 1. The molecule has 0 saturated carbocycles. The molecule has 0 aromatic heterocycles. The lowest BCUT2D eigenvalue weighted by Gasteiger charge is -1.96. The highest BCUT2D eigenvalue weighted by molar-refractivity contribution is 5.68. The van der Waals surface area contributed by atoms with E-state index in [0.717, 1.165) is 19.3 Å². The Hall–Kier alpha value is -1.61. The van der Waals surface area contributed by atoms with Crippen LogP contribution in [0.2, 0.25) is 0 Å². The first kappa shape index (κ1) is 20.4. The van der Waals surface area contributed by atoms with Gasteiger partial charge < -0.3 is 9.47 Å². The fourth-order valence-electron chi connectivity index (χ4n) is 2.37. The molecule has 0 radical (unpaired) electrons. The van der Waals surface area contributed by atoms with Crippen LogP contribution in [0.1, 0.15) is 58.3 Å². The summed E-state index contributed by atoms with van der Waals surface area (Å²) in [6.07, 6.45) is 25.7. The number of hydrogen-bond acceptors (Lipinski definition) is 3. The molecular formula is C21H32O3. The molecule has 3 nitrogen and oxygen atoms in total. The zero-order valence-electron chi connectivity index (χ0n) is 15.2. The minimum Gasteiger partial charge on any atom is -0.469 e. The van der Waals surface area contributed by atoms with Crippen LogP contribution in [0, 0.1) is 0 Å². The van der Waals surface area contributed by atoms with E-state index in [1.165, 1.54) is 32.8 Å². The van der Waals surface area contributed by atoms with E-state index >= 15 is 0 Å². The smallest absolute Gasteiger partial charge is 0.305 e. The molecule has 0 aromatic rings. The molecular weight excluding hydrogens is 300 g/mol. The summed E-state index contributed by atoms with van der Waals surface area (Å²) in [7, 11) is 1.42. The van der Waals surface area contributed by atoms with Gasteiger partial charge in [-0.1, -0.05) is 68.4 Å². The van der Waals surface area contributed by atoms with Gasteiger partial charge in [-0.05, 0) is 32.1 Å². The Morgan fingerprint density at radius 3 is 2.67 bits per heavy atom. The SMILES string of the molecule is CCCCC/C=C\C\C=C/C=C/C=C/[C@@H]1O[C@@H]1CCCC(=O)OC. The first-order valence-electron chi connectivity index (χ1n) is 9.15. The lowest BCUT2D eigenvalue weighted by molar-refractivity contribution is -0.140. The van der Waals surface area contributed by atoms with Crippen molar-refractivity contribution in [3.05, 3.63) is 48.6 Å². The van der Waals surface area contributed by atoms with Crippen molar-refractivity contribution in [2.45, 2.75) is 70.5 Å². The van der Waals surface area contributed by atoms with Gasteiger partial charge in [0, 0.05) is 6.42 Å². The monoisotopic (exact) mass is 332 g/mol. The second kappa shape index (κ2) is 13.8. The molecule has 0 N–H and O–H groups in total. The van der Waals surface area contributed by atoms with E-state index in [1.807, 2.05) is 18.2 Å². The molecule has 1 saturated heterocycles. The highest BCUT2D eigenvalue weighted by Crippen LogP contribution is 2.28. The lowest BCUT2D eigenvalue weighted by atomic mass is 10.1. The maximum Gasteiger partial charge on any atom is 0.305 e. The zero-order chi connectivity index (χ0) is 17.5. The third-order valence-corrected chi connectivity index (χ3v) is 3.90. The molecule has 1 aliphatic rings. The van der Waals surface area contributed by atoms with Crippen molar-refractivity contribution >= 4 is 5.97 Å². The molecule has 2 atom stereocenters. The number of allylic oxidation sites excluding steroid dienone is 7. The van der Waals surface area contributed by atoms with Crippen molar-refractivity contribution in [1.82, 2.24) is 0 Å². The lowest BCUT2D eigenvalue weighted by Crippen LogP contribution is -2.01. The predicted molar refractivity (Wildman–Crippen MR) is 99.8 cm³/mol. The van der Waals surface area contributed by atoms with Crippen molar-refractivity contribution in [1.29, 1.82) is 0 Å². The van der Waals surface area contributed by atoms with Crippen LogP contribution in [0.3, 0.4) is 0 Å². The summed E-state index contributed by atoms with van der Waals surface area (Å²) in [5.41, 5.74) is 0. The summed E-state index contributed by atoms with van der Waals surface area (Å²) in [5, 5.41) is 0. The molecule has 1 heterocycles. The number of epoxide rings is 1. The van der Waals surface area contributed by atoms with Crippen LogP contribution in [0.15, 0.2) is 48.6 Å². The summed E-state index contributed by atoms with van der Waals surface area (Å²) in [6, 6.07) is 0. The molecule has 0 bridgehead atoms. The van der Waals surface area contributed by atoms with E-state index in [0.29, 0.717) is 6.42 Å². The van der Waals surface area contributed by atoms with E-state index in [-0.39, 0.29) is 18.2 Å². The van der Waals surface area contributed by atoms with Gasteiger partial charge in [-0.25, -0.2) is 0 Å². The number of carbonyl (C=O) groups excluding carboxylic acids is 1. The van der Waals surface area contributed by atoms with Crippen LogP contribution < -0.4 is 0 Å². The van der Waals surface area contributed by atoms with Crippen LogP contribution >= 0.6 is 0 Å². The second-order valence-electron chi connectivity index (χ2n) is 6.01. The molecule has 134 valence electrons. The van der Waals surface area contributed by atoms with Crippen molar-refractivity contribution in [2.24, 2.45) is 0 Å². The van der Waals surface area contributed by atoms with Gasteiger partial charge in [-0.15, -0.1) is 0 Å². The molecule has 0 aromatic carbocycles. The van der Waals surface area contributed by atoms with E-state index in [4.69, 9.17) is 4.74 Å². The van der Waals surface area contributed by atoms with E-state index in [2.05, 4.69) is 42.0 Å². The van der Waals surface area contributed by atoms with Gasteiger partial charge >= 0.3 is 5.97 Å². The van der Waals surface area contributed by atoms with Crippen molar-refractivity contribution in [3.8, 4) is 0 Å². The summed E-state index contributed by atoms with van der Waals surface area (Å²) in [5.74, 6) is -0.145. The number of unbranched alkanes of at least 4 members (excludes halogenated alkanes) is 3. The number of ether oxygens (including phenoxy) is 2. The molecule has 0 spiro atoms. The number of hydrogen-bond donors (Lipinski definition) is 0. The Labute approximate surface area is 147 Å². The molecule has 24 heavy (non-hydrogen) atoms. The molecule has 3 heteroatoms. The second-order valence-corrected chi connectivity index (χ2v) is 6.01. The van der Waals surface area contributed by atoms with E-state index < -0.39 is 0 Å². The maximum absolute atomic E-state index is 11.0.